The first-order valence-electron chi connectivity index (χ1n) is 11.0. The quantitative estimate of drug-likeness (QED) is 0.389. The van der Waals surface area contributed by atoms with Crippen LogP contribution in [0.5, 0.6) is 5.75 Å². The summed E-state index contributed by atoms with van der Waals surface area (Å²) < 4.78 is 62.0. The molecule has 184 valence electrons. The average Bonchev–Trinajstić information content (AvgIpc) is 2.83. The standard InChI is InChI=1S/C26H24F3NO5/c1-2-33-24(31)15-35-25(16-32-17-25)20-6-8-21(9-7-20)34-14-18-4-3-5-19(12-18)22-10-11-30-13-23(22)26(27,28)29/h3-13H,2,14-17H2,1H3. The maximum absolute atomic E-state index is 13.4. The Balaban J connectivity index is 1.42. The zero-order valence-corrected chi connectivity index (χ0v) is 19.0. The fourth-order valence-electron chi connectivity index (χ4n) is 3.74. The minimum atomic E-state index is -4.50. The third-order valence-electron chi connectivity index (χ3n) is 5.59. The maximum Gasteiger partial charge on any atom is 0.418 e. The van der Waals surface area contributed by atoms with Gasteiger partial charge in [0.15, 0.2) is 0 Å². The van der Waals surface area contributed by atoms with Crippen molar-refractivity contribution >= 4 is 5.97 Å². The van der Waals surface area contributed by atoms with E-state index in [1.54, 1.807) is 43.3 Å². The van der Waals surface area contributed by atoms with Crippen LogP contribution in [0.1, 0.15) is 23.6 Å². The lowest BCUT2D eigenvalue weighted by molar-refractivity contribution is -0.221. The lowest BCUT2D eigenvalue weighted by Crippen LogP contribution is -2.49. The van der Waals surface area contributed by atoms with Crippen molar-refractivity contribution < 1.29 is 36.9 Å². The smallest absolute Gasteiger partial charge is 0.418 e. The number of ether oxygens (including phenoxy) is 4. The van der Waals surface area contributed by atoms with Gasteiger partial charge in [0.2, 0.25) is 0 Å². The van der Waals surface area contributed by atoms with Crippen molar-refractivity contribution in [2.45, 2.75) is 25.3 Å². The molecule has 0 aliphatic carbocycles. The molecule has 1 saturated heterocycles. The second-order valence-electron chi connectivity index (χ2n) is 8.01. The van der Waals surface area contributed by atoms with E-state index >= 15 is 0 Å². The number of hydrogen-bond donors (Lipinski definition) is 0. The molecule has 1 fully saturated rings. The molecule has 0 spiro atoms. The van der Waals surface area contributed by atoms with E-state index < -0.39 is 23.3 Å². The van der Waals surface area contributed by atoms with E-state index in [9.17, 15) is 18.0 Å². The highest BCUT2D eigenvalue weighted by molar-refractivity contribution is 5.70. The molecule has 9 heteroatoms. The Kier molecular flexibility index (Phi) is 7.37. The molecule has 0 N–H and O–H groups in total. The van der Waals surface area contributed by atoms with Gasteiger partial charge in [-0.2, -0.15) is 13.2 Å². The average molecular weight is 487 g/mol. The van der Waals surface area contributed by atoms with E-state index in [1.807, 2.05) is 12.1 Å². The van der Waals surface area contributed by atoms with E-state index in [2.05, 4.69) is 4.98 Å². The Labute approximate surface area is 200 Å². The highest BCUT2D eigenvalue weighted by Gasteiger charge is 2.42. The third kappa shape index (κ3) is 5.80. The molecule has 6 nitrogen and oxygen atoms in total. The topological polar surface area (TPSA) is 66.9 Å². The number of rotatable bonds is 9. The van der Waals surface area contributed by atoms with Crippen LogP contribution in [-0.4, -0.2) is 37.4 Å². The highest BCUT2D eigenvalue weighted by Crippen LogP contribution is 2.37. The SMILES string of the molecule is CCOC(=O)COC1(c2ccc(OCc3cccc(-c4ccncc4C(F)(F)F)c3)cc2)COC1. The Morgan fingerprint density at radius 2 is 1.89 bits per heavy atom. The highest BCUT2D eigenvalue weighted by atomic mass is 19.4. The summed E-state index contributed by atoms with van der Waals surface area (Å²) in [5.41, 5.74) is 0.572. The van der Waals surface area contributed by atoms with Gasteiger partial charge in [-0.1, -0.05) is 30.3 Å². The second-order valence-corrected chi connectivity index (χ2v) is 8.01. The summed E-state index contributed by atoms with van der Waals surface area (Å²) in [6, 6.07) is 15.4. The predicted molar refractivity (Wildman–Crippen MR) is 121 cm³/mol. The molecule has 1 aliphatic rings. The molecule has 0 amide bonds. The summed E-state index contributed by atoms with van der Waals surface area (Å²) >= 11 is 0. The number of esters is 1. The summed E-state index contributed by atoms with van der Waals surface area (Å²) in [6.45, 7) is 2.68. The summed E-state index contributed by atoms with van der Waals surface area (Å²) in [7, 11) is 0. The van der Waals surface area contributed by atoms with Crippen molar-refractivity contribution in [1.29, 1.82) is 0 Å². The molecular weight excluding hydrogens is 463 g/mol. The van der Waals surface area contributed by atoms with Gasteiger partial charge in [0, 0.05) is 12.4 Å². The zero-order chi connectivity index (χ0) is 24.9. The number of aromatic nitrogens is 1. The Morgan fingerprint density at radius 3 is 2.54 bits per heavy atom. The van der Waals surface area contributed by atoms with Crippen LogP contribution in [0.15, 0.2) is 67.0 Å². The van der Waals surface area contributed by atoms with E-state index in [1.165, 1.54) is 12.3 Å². The molecule has 2 aromatic carbocycles. The van der Waals surface area contributed by atoms with Gasteiger partial charge in [-0.25, -0.2) is 4.79 Å². The number of carbonyl (C=O) groups is 1. The van der Waals surface area contributed by atoms with Crippen LogP contribution < -0.4 is 4.74 Å². The van der Waals surface area contributed by atoms with Crippen LogP contribution in [0.3, 0.4) is 0 Å². The Bertz CT molecular complexity index is 1160. The van der Waals surface area contributed by atoms with Crippen molar-refractivity contribution in [1.82, 2.24) is 4.98 Å². The van der Waals surface area contributed by atoms with Crippen molar-refractivity contribution in [3.05, 3.63) is 83.7 Å². The molecule has 3 aromatic rings. The van der Waals surface area contributed by atoms with Crippen LogP contribution in [0.25, 0.3) is 11.1 Å². The Morgan fingerprint density at radius 1 is 1.11 bits per heavy atom. The fourth-order valence-corrected chi connectivity index (χ4v) is 3.74. The number of carbonyl (C=O) groups excluding carboxylic acids is 1. The van der Waals surface area contributed by atoms with E-state index in [-0.39, 0.29) is 25.4 Å². The van der Waals surface area contributed by atoms with E-state index in [0.717, 1.165) is 17.3 Å². The molecule has 1 aromatic heterocycles. The molecule has 0 bridgehead atoms. The lowest BCUT2D eigenvalue weighted by Gasteiger charge is -2.41. The molecule has 0 saturated carbocycles. The zero-order valence-electron chi connectivity index (χ0n) is 19.0. The maximum atomic E-state index is 13.4. The summed E-state index contributed by atoms with van der Waals surface area (Å²) in [4.78, 5) is 15.3. The molecule has 1 aliphatic heterocycles. The van der Waals surface area contributed by atoms with Crippen LogP contribution in [-0.2, 0) is 37.4 Å². The first kappa shape index (κ1) is 24.7. The third-order valence-corrected chi connectivity index (χ3v) is 5.59. The van der Waals surface area contributed by atoms with Gasteiger partial charge < -0.3 is 18.9 Å². The normalized spacial score (nSPS) is 14.7. The van der Waals surface area contributed by atoms with Crippen molar-refractivity contribution in [2.24, 2.45) is 0 Å². The van der Waals surface area contributed by atoms with Gasteiger partial charge in [0.05, 0.1) is 25.4 Å². The van der Waals surface area contributed by atoms with Gasteiger partial charge in [-0.15, -0.1) is 0 Å². The molecular formula is C26H24F3NO5. The monoisotopic (exact) mass is 487 g/mol. The van der Waals surface area contributed by atoms with Crippen molar-refractivity contribution in [3.8, 4) is 16.9 Å². The Hall–Kier alpha value is -3.43. The molecule has 0 radical (unpaired) electrons. The summed E-state index contributed by atoms with van der Waals surface area (Å²) in [5, 5.41) is 0. The molecule has 0 atom stereocenters. The number of pyridine rings is 1. The second kappa shape index (κ2) is 10.5. The minimum absolute atomic E-state index is 0.0644. The summed E-state index contributed by atoms with van der Waals surface area (Å²) in [5.74, 6) is 0.148. The first-order valence-corrected chi connectivity index (χ1v) is 11.0. The van der Waals surface area contributed by atoms with Gasteiger partial charge >= 0.3 is 12.1 Å². The molecule has 2 heterocycles. The van der Waals surface area contributed by atoms with Crippen molar-refractivity contribution in [2.75, 3.05) is 26.4 Å². The van der Waals surface area contributed by atoms with Gasteiger partial charge in [-0.05, 0) is 53.4 Å². The number of benzene rings is 2. The summed E-state index contributed by atoms with van der Waals surface area (Å²) in [6.07, 6.45) is -2.33. The van der Waals surface area contributed by atoms with E-state index in [0.29, 0.717) is 24.5 Å². The molecule has 4 rings (SSSR count). The predicted octanol–water partition coefficient (Wildman–Crippen LogP) is 5.15. The number of nitrogens with zero attached hydrogens (tertiary/aromatic N) is 1. The number of halogens is 3. The first-order chi connectivity index (χ1) is 16.8. The minimum Gasteiger partial charge on any atom is -0.489 e. The fraction of sp³-hybridized carbons (Fsp3) is 0.308. The van der Waals surface area contributed by atoms with Gasteiger partial charge in [0.25, 0.3) is 0 Å². The van der Waals surface area contributed by atoms with Crippen LogP contribution in [0.2, 0.25) is 0 Å². The van der Waals surface area contributed by atoms with Gasteiger partial charge in [-0.3, -0.25) is 4.98 Å². The van der Waals surface area contributed by atoms with Crippen LogP contribution in [0.4, 0.5) is 13.2 Å². The largest absolute Gasteiger partial charge is 0.489 e. The number of alkyl halides is 3. The van der Waals surface area contributed by atoms with Gasteiger partial charge in [0.1, 0.15) is 24.6 Å². The van der Waals surface area contributed by atoms with Crippen LogP contribution >= 0.6 is 0 Å². The number of hydrogen-bond acceptors (Lipinski definition) is 6. The molecule has 35 heavy (non-hydrogen) atoms. The van der Waals surface area contributed by atoms with Crippen LogP contribution in [0, 0.1) is 0 Å². The lowest BCUT2D eigenvalue weighted by atomic mass is 9.91. The molecule has 0 unspecified atom stereocenters. The van der Waals surface area contributed by atoms with Crippen molar-refractivity contribution in [3.63, 3.8) is 0 Å². The van der Waals surface area contributed by atoms with E-state index in [4.69, 9.17) is 18.9 Å².